The van der Waals surface area contributed by atoms with Gasteiger partial charge in [0.25, 0.3) is 5.91 Å². The van der Waals surface area contributed by atoms with Gasteiger partial charge in [-0.25, -0.2) is 4.68 Å². The molecule has 1 N–H and O–H groups in total. The van der Waals surface area contributed by atoms with Crippen LogP contribution in [0.15, 0.2) is 48.5 Å². The number of hydrogen-bond donors (Lipinski definition) is 1. The Morgan fingerprint density at radius 1 is 1.19 bits per heavy atom. The monoisotopic (exact) mass is 401 g/mol. The van der Waals surface area contributed by atoms with Gasteiger partial charge in [-0.3, -0.25) is 9.00 Å². The molecule has 1 aliphatic heterocycles. The summed E-state index contributed by atoms with van der Waals surface area (Å²) in [4.78, 5) is 12.8. The van der Waals surface area contributed by atoms with Crippen molar-refractivity contribution >= 4 is 34.1 Å². The molecule has 0 aliphatic carbocycles. The minimum Gasteiger partial charge on any atom is -0.497 e. The maximum atomic E-state index is 12.8. The van der Waals surface area contributed by atoms with E-state index in [4.69, 9.17) is 16.3 Å². The Kier molecular flexibility index (Phi) is 4.72. The number of rotatable bonds is 4. The van der Waals surface area contributed by atoms with Crippen molar-refractivity contribution in [3.63, 3.8) is 0 Å². The summed E-state index contributed by atoms with van der Waals surface area (Å²) < 4.78 is 18.8. The lowest BCUT2D eigenvalue weighted by molar-refractivity contribution is 0.102. The van der Waals surface area contributed by atoms with Crippen LogP contribution in [0.4, 0.5) is 5.82 Å². The maximum absolute atomic E-state index is 12.8. The molecule has 0 radical (unpaired) electrons. The highest BCUT2D eigenvalue weighted by molar-refractivity contribution is 7.83. The molecule has 0 unspecified atom stereocenters. The first-order chi connectivity index (χ1) is 13.1. The van der Waals surface area contributed by atoms with Crippen LogP contribution in [0.1, 0.15) is 21.6 Å². The SMILES string of the molecule is COc1ccc(-n2nc3c(c2NC(=O)c2ccccc2Cl)C[S@@](=O)C3)cc1. The topological polar surface area (TPSA) is 73.2 Å². The van der Waals surface area contributed by atoms with Crippen molar-refractivity contribution in [2.24, 2.45) is 0 Å². The van der Waals surface area contributed by atoms with Crippen LogP contribution in [0, 0.1) is 0 Å². The maximum Gasteiger partial charge on any atom is 0.258 e. The van der Waals surface area contributed by atoms with Gasteiger partial charge in [-0.15, -0.1) is 0 Å². The minimum absolute atomic E-state index is 0.337. The molecule has 0 spiro atoms. The van der Waals surface area contributed by atoms with Crippen molar-refractivity contribution in [1.82, 2.24) is 9.78 Å². The predicted octanol–water partition coefficient (Wildman–Crippen LogP) is 3.55. The number of methoxy groups -OCH3 is 1. The molecule has 3 aromatic rings. The summed E-state index contributed by atoms with van der Waals surface area (Å²) in [6.07, 6.45) is 0. The summed E-state index contributed by atoms with van der Waals surface area (Å²) >= 11 is 6.14. The number of carbonyl (C=O) groups is 1. The van der Waals surface area contributed by atoms with Crippen molar-refractivity contribution in [1.29, 1.82) is 0 Å². The normalized spacial score (nSPS) is 15.4. The van der Waals surface area contributed by atoms with E-state index in [-0.39, 0.29) is 5.91 Å². The molecule has 27 heavy (non-hydrogen) atoms. The van der Waals surface area contributed by atoms with E-state index in [1.165, 1.54) is 0 Å². The van der Waals surface area contributed by atoms with Crippen molar-refractivity contribution in [3.05, 3.63) is 70.4 Å². The van der Waals surface area contributed by atoms with Gasteiger partial charge < -0.3 is 10.1 Å². The van der Waals surface area contributed by atoms with Crippen molar-refractivity contribution < 1.29 is 13.7 Å². The lowest BCUT2D eigenvalue weighted by Crippen LogP contribution is -2.17. The van der Waals surface area contributed by atoms with Gasteiger partial charge in [0.15, 0.2) is 0 Å². The molecule has 1 aliphatic rings. The van der Waals surface area contributed by atoms with E-state index < -0.39 is 10.8 Å². The van der Waals surface area contributed by atoms with Crippen molar-refractivity contribution in [2.75, 3.05) is 12.4 Å². The highest BCUT2D eigenvalue weighted by atomic mass is 35.5. The first-order valence-electron chi connectivity index (χ1n) is 8.23. The molecule has 2 aromatic carbocycles. The van der Waals surface area contributed by atoms with E-state index in [9.17, 15) is 9.00 Å². The molecule has 138 valence electrons. The quantitative estimate of drug-likeness (QED) is 0.725. The smallest absolute Gasteiger partial charge is 0.258 e. The summed E-state index contributed by atoms with van der Waals surface area (Å²) in [5.41, 5.74) is 2.67. The average Bonchev–Trinajstić information content (AvgIpc) is 3.19. The van der Waals surface area contributed by atoms with Crippen LogP contribution in [0.5, 0.6) is 5.75 Å². The summed E-state index contributed by atoms with van der Waals surface area (Å²) in [6.45, 7) is 0. The van der Waals surface area contributed by atoms with Gasteiger partial charge in [0.2, 0.25) is 0 Å². The third kappa shape index (κ3) is 3.36. The first kappa shape index (κ1) is 17.8. The number of carbonyl (C=O) groups excluding carboxylic acids is 1. The number of halogens is 1. The molecule has 8 heteroatoms. The first-order valence-corrected chi connectivity index (χ1v) is 10.1. The Bertz CT molecular complexity index is 1050. The van der Waals surface area contributed by atoms with E-state index in [2.05, 4.69) is 10.4 Å². The second-order valence-electron chi connectivity index (χ2n) is 6.05. The van der Waals surface area contributed by atoms with Crippen molar-refractivity contribution in [3.8, 4) is 11.4 Å². The van der Waals surface area contributed by atoms with E-state index >= 15 is 0 Å². The molecule has 0 saturated carbocycles. The third-order valence-corrected chi connectivity index (χ3v) is 5.87. The zero-order valence-electron chi connectivity index (χ0n) is 14.4. The number of fused-ring (bicyclic) bond motifs is 1. The number of anilines is 1. The molecular weight excluding hydrogens is 386 g/mol. The Labute approximate surface area is 163 Å². The molecular formula is C19H16ClN3O3S. The van der Waals surface area contributed by atoms with Crippen molar-refractivity contribution in [2.45, 2.75) is 11.5 Å². The van der Waals surface area contributed by atoms with Crippen LogP contribution in [0.3, 0.4) is 0 Å². The highest BCUT2D eigenvalue weighted by Crippen LogP contribution is 2.32. The number of ether oxygens (including phenoxy) is 1. The second-order valence-corrected chi connectivity index (χ2v) is 7.91. The zero-order valence-corrected chi connectivity index (χ0v) is 16.0. The molecule has 1 aromatic heterocycles. The van der Waals surface area contributed by atoms with Crippen LogP contribution >= 0.6 is 11.6 Å². The number of aromatic nitrogens is 2. The summed E-state index contributed by atoms with van der Waals surface area (Å²) in [5.74, 6) is 1.65. The Balaban J connectivity index is 1.75. The molecule has 6 nitrogen and oxygen atoms in total. The number of hydrogen-bond acceptors (Lipinski definition) is 4. The van der Waals surface area contributed by atoms with Gasteiger partial charge in [0.1, 0.15) is 11.6 Å². The van der Waals surface area contributed by atoms with Gasteiger partial charge in [-0.1, -0.05) is 23.7 Å². The van der Waals surface area contributed by atoms with Gasteiger partial charge in [-0.05, 0) is 36.4 Å². The van der Waals surface area contributed by atoms with E-state index in [0.717, 1.165) is 22.7 Å². The second kappa shape index (κ2) is 7.17. The van der Waals surface area contributed by atoms with E-state index in [1.807, 2.05) is 24.3 Å². The van der Waals surface area contributed by atoms with Gasteiger partial charge >= 0.3 is 0 Å². The lowest BCUT2D eigenvalue weighted by atomic mass is 10.2. The lowest BCUT2D eigenvalue weighted by Gasteiger charge is -2.12. The molecule has 4 rings (SSSR count). The minimum atomic E-state index is -1.01. The van der Waals surface area contributed by atoms with E-state index in [0.29, 0.717) is 27.9 Å². The van der Waals surface area contributed by atoms with Gasteiger partial charge in [0, 0.05) is 16.4 Å². The average molecular weight is 402 g/mol. The molecule has 0 bridgehead atoms. The molecule has 0 fully saturated rings. The summed E-state index contributed by atoms with van der Waals surface area (Å²) in [7, 11) is 0.594. The molecule has 1 amide bonds. The number of nitrogens with zero attached hydrogens (tertiary/aromatic N) is 2. The Hall–Kier alpha value is -2.64. The van der Waals surface area contributed by atoms with Gasteiger partial charge in [-0.2, -0.15) is 5.10 Å². The number of amides is 1. The van der Waals surface area contributed by atoms with Crippen LogP contribution in [0.2, 0.25) is 5.02 Å². The fourth-order valence-corrected chi connectivity index (χ4v) is 4.47. The van der Waals surface area contributed by atoms with Gasteiger partial charge in [0.05, 0.1) is 40.6 Å². The fraction of sp³-hybridized carbons (Fsp3) is 0.158. The van der Waals surface area contributed by atoms with Crippen LogP contribution in [0.25, 0.3) is 5.69 Å². The molecule has 0 saturated heterocycles. The fourth-order valence-electron chi connectivity index (χ4n) is 2.99. The molecule has 1 atom stereocenters. The Morgan fingerprint density at radius 3 is 2.63 bits per heavy atom. The van der Waals surface area contributed by atoms with E-state index in [1.54, 1.807) is 36.1 Å². The van der Waals surface area contributed by atoms with Crippen LogP contribution in [-0.4, -0.2) is 27.0 Å². The zero-order chi connectivity index (χ0) is 19.0. The largest absolute Gasteiger partial charge is 0.497 e. The molecule has 2 heterocycles. The summed E-state index contributed by atoms with van der Waals surface area (Å²) in [5, 5.41) is 7.84. The summed E-state index contributed by atoms with van der Waals surface area (Å²) in [6, 6.07) is 14.2. The standard InChI is InChI=1S/C19H16ClN3O3S/c1-26-13-8-6-12(7-9-13)23-18(15-10-27(25)11-17(15)22-23)21-19(24)14-4-2-3-5-16(14)20/h2-9H,10-11H2,1H3,(H,21,24)/t27-/m1/s1. The number of benzene rings is 2. The third-order valence-electron chi connectivity index (χ3n) is 4.34. The predicted molar refractivity (Wildman–Crippen MR) is 105 cm³/mol. The van der Waals surface area contributed by atoms with Crippen LogP contribution in [-0.2, 0) is 22.3 Å². The number of nitrogens with one attached hydrogen (secondary N) is 1. The highest BCUT2D eigenvalue weighted by Gasteiger charge is 2.28. The van der Waals surface area contributed by atoms with Crippen LogP contribution < -0.4 is 10.1 Å². The Morgan fingerprint density at radius 2 is 1.93 bits per heavy atom.